The smallest absolute Gasteiger partial charge is 0.258 e. The second kappa shape index (κ2) is 10.5. The molecule has 0 fully saturated rings. The lowest BCUT2D eigenvalue weighted by atomic mass is 9.83. The van der Waals surface area contributed by atoms with Crippen LogP contribution in [0, 0.1) is 0 Å². The third kappa shape index (κ3) is 4.97. The lowest BCUT2D eigenvalue weighted by Gasteiger charge is -2.34. The van der Waals surface area contributed by atoms with Crippen LogP contribution in [0.15, 0.2) is 42.5 Å². The Hall–Kier alpha value is -2.44. The van der Waals surface area contributed by atoms with Crippen LogP contribution >= 0.6 is 8.53 Å². The normalized spacial score (nSPS) is 14.0. The highest BCUT2D eigenvalue weighted by Gasteiger charge is 2.30. The van der Waals surface area contributed by atoms with Gasteiger partial charge in [-0.2, -0.15) is 0 Å². The summed E-state index contributed by atoms with van der Waals surface area (Å²) in [5.74, 6) is -0.786. The molecule has 2 aromatic carbocycles. The first kappa shape index (κ1) is 24.2. The predicted molar refractivity (Wildman–Crippen MR) is 124 cm³/mol. The average molecular weight is 456 g/mol. The first-order chi connectivity index (χ1) is 15.3. The number of hydrogen-bond donors (Lipinski definition) is 1. The molecule has 0 aromatic heterocycles. The Kier molecular flexibility index (Phi) is 7.91. The number of amides is 1. The van der Waals surface area contributed by atoms with Gasteiger partial charge in [0.15, 0.2) is 11.6 Å². The zero-order valence-electron chi connectivity index (χ0n) is 19.0. The third-order valence-electron chi connectivity index (χ3n) is 5.18. The van der Waals surface area contributed by atoms with E-state index >= 15 is 0 Å². The fourth-order valence-corrected chi connectivity index (χ4v) is 5.25. The minimum Gasteiger partial charge on any atom is -0.350 e. The number of ketones is 2. The molecule has 1 unspecified atom stereocenters. The Bertz CT molecular complexity index is 1010. The molecular formula is C24H29N2O5P. The van der Waals surface area contributed by atoms with E-state index in [2.05, 4.69) is 37.7 Å². The highest BCUT2D eigenvalue weighted by molar-refractivity contribution is 7.44. The van der Waals surface area contributed by atoms with Gasteiger partial charge in [-0.3, -0.25) is 14.4 Å². The van der Waals surface area contributed by atoms with Crippen molar-refractivity contribution in [2.75, 3.05) is 20.3 Å². The van der Waals surface area contributed by atoms with E-state index in [-0.39, 0.29) is 48.3 Å². The Morgan fingerprint density at radius 3 is 2.06 bits per heavy atom. The Balaban J connectivity index is 1.63. The molecule has 1 N–H and O–H groups in total. The second-order valence-corrected chi connectivity index (χ2v) is 9.60. The molecule has 2 aromatic rings. The molecule has 0 radical (unpaired) electrons. The molecule has 170 valence electrons. The van der Waals surface area contributed by atoms with Crippen molar-refractivity contribution in [3.05, 3.63) is 70.3 Å². The van der Waals surface area contributed by atoms with E-state index in [9.17, 15) is 14.4 Å². The van der Waals surface area contributed by atoms with Gasteiger partial charge < -0.3 is 14.4 Å². The van der Waals surface area contributed by atoms with Gasteiger partial charge in [0.05, 0.1) is 6.61 Å². The number of nitrogens with one attached hydrogen (secondary N) is 1. The highest BCUT2D eigenvalue weighted by atomic mass is 31.2. The van der Waals surface area contributed by atoms with Crippen molar-refractivity contribution in [1.82, 2.24) is 9.99 Å². The molecule has 0 saturated heterocycles. The van der Waals surface area contributed by atoms with Crippen molar-refractivity contribution in [3.8, 4) is 0 Å². The molecule has 8 heteroatoms. The van der Waals surface area contributed by atoms with E-state index in [0.29, 0.717) is 22.3 Å². The van der Waals surface area contributed by atoms with Crippen LogP contribution in [-0.2, 0) is 9.05 Å². The first-order valence-electron chi connectivity index (χ1n) is 10.6. The molecule has 1 amide bonds. The summed E-state index contributed by atoms with van der Waals surface area (Å²) >= 11 is 0. The summed E-state index contributed by atoms with van der Waals surface area (Å²) in [5, 5.41) is 2.80. The highest BCUT2D eigenvalue weighted by Crippen LogP contribution is 2.44. The minimum atomic E-state index is -1.23. The molecule has 0 spiro atoms. The maximum absolute atomic E-state index is 12.9. The van der Waals surface area contributed by atoms with Crippen molar-refractivity contribution >= 4 is 26.0 Å². The lowest BCUT2D eigenvalue weighted by molar-refractivity contribution is 0.0941. The third-order valence-corrected chi connectivity index (χ3v) is 7.20. The van der Waals surface area contributed by atoms with Crippen LogP contribution in [0.5, 0.6) is 0 Å². The van der Waals surface area contributed by atoms with Gasteiger partial charge in [0.2, 0.25) is 0 Å². The molecule has 32 heavy (non-hydrogen) atoms. The Morgan fingerprint density at radius 2 is 1.50 bits per heavy atom. The van der Waals surface area contributed by atoms with Crippen LogP contribution in [0.1, 0.15) is 69.9 Å². The lowest BCUT2D eigenvalue weighted by Crippen LogP contribution is -2.34. The van der Waals surface area contributed by atoms with Gasteiger partial charge in [0.1, 0.15) is 0 Å². The van der Waals surface area contributed by atoms with Crippen LogP contribution in [0.3, 0.4) is 0 Å². The van der Waals surface area contributed by atoms with Crippen molar-refractivity contribution < 1.29 is 23.4 Å². The number of rotatable bonds is 9. The topological polar surface area (TPSA) is 84.9 Å². The molecule has 1 aliphatic carbocycles. The first-order valence-corrected chi connectivity index (χ1v) is 11.7. The number of hydrogen-bond acceptors (Lipinski definition) is 6. The molecule has 0 bridgehead atoms. The molecule has 1 atom stereocenters. The minimum absolute atomic E-state index is 0.205. The van der Waals surface area contributed by atoms with Crippen molar-refractivity contribution in [2.24, 2.45) is 0 Å². The van der Waals surface area contributed by atoms with Crippen molar-refractivity contribution in [3.63, 3.8) is 0 Å². The molecule has 0 heterocycles. The van der Waals surface area contributed by atoms with E-state index in [1.807, 2.05) is 0 Å². The van der Waals surface area contributed by atoms with E-state index in [1.54, 1.807) is 43.5 Å². The largest absolute Gasteiger partial charge is 0.350 e. The summed E-state index contributed by atoms with van der Waals surface area (Å²) in [6, 6.07) is 11.9. The van der Waals surface area contributed by atoms with Crippen LogP contribution in [0.4, 0.5) is 0 Å². The number of carbonyl (C=O) groups excluding carboxylic acids is 3. The SMILES string of the molecule is COP(OCCNC(=O)c1ccc2c(c1)C(=O)c1ccccc1C2=O)N(C(C)C)C(C)C. The van der Waals surface area contributed by atoms with Crippen LogP contribution in [-0.4, -0.2) is 54.5 Å². The van der Waals surface area contributed by atoms with Gasteiger partial charge in [-0.25, -0.2) is 4.67 Å². The maximum atomic E-state index is 12.9. The predicted octanol–water partition coefficient (Wildman–Crippen LogP) is 4.20. The second-order valence-electron chi connectivity index (χ2n) is 8.04. The van der Waals surface area contributed by atoms with Crippen LogP contribution in [0.25, 0.3) is 0 Å². The van der Waals surface area contributed by atoms with Gasteiger partial charge in [-0.15, -0.1) is 0 Å². The zero-order chi connectivity index (χ0) is 23.4. The quantitative estimate of drug-likeness (QED) is 0.384. The summed E-state index contributed by atoms with van der Waals surface area (Å²) in [6.07, 6.45) is 0. The van der Waals surface area contributed by atoms with Gasteiger partial charge in [0.25, 0.3) is 14.4 Å². The van der Waals surface area contributed by atoms with E-state index in [4.69, 9.17) is 9.05 Å². The summed E-state index contributed by atoms with van der Waals surface area (Å²) < 4.78 is 13.6. The van der Waals surface area contributed by atoms with Crippen LogP contribution < -0.4 is 5.32 Å². The number of carbonyl (C=O) groups is 3. The molecule has 1 aliphatic rings. The van der Waals surface area contributed by atoms with Gasteiger partial charge >= 0.3 is 0 Å². The summed E-state index contributed by atoms with van der Waals surface area (Å²) in [7, 11) is 0.388. The average Bonchev–Trinajstić information content (AvgIpc) is 2.78. The van der Waals surface area contributed by atoms with E-state index in [0.717, 1.165) is 0 Å². The number of nitrogens with zero attached hydrogens (tertiary/aromatic N) is 1. The maximum Gasteiger partial charge on any atom is 0.258 e. The number of benzene rings is 2. The van der Waals surface area contributed by atoms with Crippen molar-refractivity contribution in [1.29, 1.82) is 0 Å². The standard InChI is InChI=1S/C24H29N2O5P/c1-15(2)26(16(3)4)32(30-5)31-13-12-25-24(29)17-10-11-20-21(14-17)23(28)19-9-7-6-8-18(19)22(20)27/h6-11,14-16H,12-13H2,1-5H3,(H,25,29). The van der Waals surface area contributed by atoms with E-state index < -0.39 is 8.53 Å². The Labute approximate surface area is 190 Å². The van der Waals surface area contributed by atoms with Gasteiger partial charge in [0, 0.05) is 53.6 Å². The van der Waals surface area contributed by atoms with Gasteiger partial charge in [-0.05, 0) is 45.9 Å². The van der Waals surface area contributed by atoms with Crippen LogP contribution in [0.2, 0.25) is 0 Å². The fraction of sp³-hybridized carbons (Fsp3) is 0.375. The Morgan fingerprint density at radius 1 is 0.938 bits per heavy atom. The molecule has 0 saturated carbocycles. The van der Waals surface area contributed by atoms with E-state index in [1.165, 1.54) is 6.07 Å². The van der Waals surface area contributed by atoms with Crippen molar-refractivity contribution in [2.45, 2.75) is 39.8 Å². The van der Waals surface area contributed by atoms with Gasteiger partial charge in [-0.1, -0.05) is 24.3 Å². The summed E-state index contributed by atoms with van der Waals surface area (Å²) in [6.45, 7) is 8.91. The summed E-state index contributed by atoms with van der Waals surface area (Å²) in [5.41, 5.74) is 1.66. The molecule has 0 aliphatic heterocycles. The number of fused-ring (bicyclic) bond motifs is 2. The molecular weight excluding hydrogens is 427 g/mol. The molecule has 7 nitrogen and oxygen atoms in total. The monoisotopic (exact) mass is 456 g/mol. The molecule has 3 rings (SSSR count). The zero-order valence-corrected chi connectivity index (χ0v) is 19.9. The summed E-state index contributed by atoms with van der Waals surface area (Å²) in [4.78, 5) is 38.2. The fourth-order valence-electron chi connectivity index (χ4n) is 3.82.